The number of aryl methyl sites for hydroxylation is 1. The fourth-order valence-corrected chi connectivity index (χ4v) is 3.27. The molecule has 9 heteroatoms. The average molecular weight is 417 g/mol. The summed E-state index contributed by atoms with van der Waals surface area (Å²) in [6.45, 7) is 2.35. The lowest BCUT2D eigenvalue weighted by atomic mass is 10.1. The molecule has 1 amide bonds. The number of aromatic nitrogens is 4. The molecule has 0 bridgehead atoms. The van der Waals surface area contributed by atoms with E-state index in [1.807, 2.05) is 19.1 Å². The number of carbonyl (C=O) groups is 1. The smallest absolute Gasteiger partial charge is 0.252 e. The Morgan fingerprint density at radius 2 is 2.10 bits per heavy atom. The normalized spacial score (nSPS) is 14.0. The van der Waals surface area contributed by atoms with Gasteiger partial charge < -0.3 is 15.7 Å². The largest absolute Gasteiger partial charge is 0.394 e. The Labute approximate surface area is 179 Å². The van der Waals surface area contributed by atoms with E-state index < -0.39 is 6.04 Å². The van der Waals surface area contributed by atoms with E-state index in [-0.39, 0.29) is 18.4 Å². The van der Waals surface area contributed by atoms with E-state index in [1.54, 1.807) is 35.4 Å². The van der Waals surface area contributed by atoms with Crippen molar-refractivity contribution >= 4 is 17.5 Å². The van der Waals surface area contributed by atoms with Crippen LogP contribution in [0, 0.1) is 24.2 Å². The number of anilines is 2. The summed E-state index contributed by atoms with van der Waals surface area (Å²) in [5.41, 5.74) is 3.73. The molecule has 2 heterocycles. The van der Waals surface area contributed by atoms with Gasteiger partial charge in [-0.05, 0) is 43.4 Å². The second kappa shape index (κ2) is 8.93. The van der Waals surface area contributed by atoms with Crippen LogP contribution in [0.3, 0.4) is 0 Å². The molecular weight excluding hydrogens is 394 g/mol. The van der Waals surface area contributed by atoms with E-state index >= 15 is 0 Å². The standard InChI is InChI=1S/C22H23N7O2/c1-14-11-24-22(26-18-12-25-29(13-18)8-9-30)28-20(14)16-4-6-17(7-5-16)21(31)27-19(10-23)15-2-3-15/h4-7,11-13,15,19,30H,2-3,8-9H2,1H3,(H,27,31)(H,24,26,28). The zero-order valence-electron chi connectivity index (χ0n) is 17.1. The molecule has 1 aromatic carbocycles. The molecule has 1 saturated carbocycles. The van der Waals surface area contributed by atoms with E-state index in [1.165, 1.54) is 0 Å². The molecule has 158 valence electrons. The van der Waals surface area contributed by atoms with Crippen molar-refractivity contribution in [3.05, 3.63) is 54.0 Å². The topological polar surface area (TPSA) is 129 Å². The van der Waals surface area contributed by atoms with Crippen LogP contribution in [0.1, 0.15) is 28.8 Å². The van der Waals surface area contributed by atoms with Crippen LogP contribution in [0.4, 0.5) is 11.6 Å². The monoisotopic (exact) mass is 417 g/mol. The summed E-state index contributed by atoms with van der Waals surface area (Å²) in [5, 5.41) is 28.3. The molecule has 0 aliphatic heterocycles. The SMILES string of the molecule is Cc1cnc(Nc2cnn(CCO)c2)nc1-c1ccc(C(=O)NC(C#N)C2CC2)cc1. The van der Waals surface area contributed by atoms with Crippen molar-refractivity contribution in [2.24, 2.45) is 5.92 Å². The molecule has 3 N–H and O–H groups in total. The summed E-state index contributed by atoms with van der Waals surface area (Å²) in [7, 11) is 0. The third kappa shape index (κ3) is 4.87. The number of nitriles is 1. The van der Waals surface area contributed by atoms with Crippen LogP contribution in [0.15, 0.2) is 42.9 Å². The molecule has 1 unspecified atom stereocenters. The van der Waals surface area contributed by atoms with Crippen molar-refractivity contribution in [1.29, 1.82) is 5.26 Å². The summed E-state index contributed by atoms with van der Waals surface area (Å²) in [4.78, 5) is 21.4. The molecule has 9 nitrogen and oxygen atoms in total. The number of nitrogens with one attached hydrogen (secondary N) is 2. The first kappa shape index (κ1) is 20.5. The number of aliphatic hydroxyl groups excluding tert-OH is 1. The molecule has 1 atom stereocenters. The van der Waals surface area contributed by atoms with Crippen LogP contribution in [-0.4, -0.2) is 43.4 Å². The molecule has 0 saturated heterocycles. The number of nitrogens with zero attached hydrogens (tertiary/aromatic N) is 5. The second-order valence-corrected chi connectivity index (χ2v) is 7.56. The Balaban J connectivity index is 1.48. The first-order valence-corrected chi connectivity index (χ1v) is 10.1. The average Bonchev–Trinajstić information content (AvgIpc) is 3.54. The minimum Gasteiger partial charge on any atom is -0.394 e. The highest BCUT2D eigenvalue weighted by Gasteiger charge is 2.32. The Bertz CT molecular complexity index is 1110. The predicted molar refractivity (Wildman–Crippen MR) is 114 cm³/mol. The van der Waals surface area contributed by atoms with E-state index in [2.05, 4.69) is 31.8 Å². The lowest BCUT2D eigenvalue weighted by molar-refractivity contribution is 0.0942. The number of aliphatic hydroxyl groups is 1. The number of rotatable bonds is 8. The van der Waals surface area contributed by atoms with Gasteiger partial charge in [0, 0.05) is 23.5 Å². The van der Waals surface area contributed by atoms with Gasteiger partial charge >= 0.3 is 0 Å². The van der Waals surface area contributed by atoms with Crippen LogP contribution < -0.4 is 10.6 Å². The van der Waals surface area contributed by atoms with Gasteiger partial charge in [-0.25, -0.2) is 9.97 Å². The maximum atomic E-state index is 12.4. The molecule has 31 heavy (non-hydrogen) atoms. The van der Waals surface area contributed by atoms with E-state index in [0.717, 1.165) is 35.3 Å². The van der Waals surface area contributed by atoms with Crippen molar-refractivity contribution in [2.75, 3.05) is 11.9 Å². The number of hydrogen-bond acceptors (Lipinski definition) is 7. The highest BCUT2D eigenvalue weighted by Crippen LogP contribution is 2.32. The number of amides is 1. The van der Waals surface area contributed by atoms with Gasteiger partial charge in [-0.3, -0.25) is 9.48 Å². The van der Waals surface area contributed by atoms with Gasteiger partial charge in [-0.2, -0.15) is 10.4 Å². The van der Waals surface area contributed by atoms with Gasteiger partial charge in [-0.15, -0.1) is 0 Å². The maximum absolute atomic E-state index is 12.4. The highest BCUT2D eigenvalue weighted by atomic mass is 16.3. The maximum Gasteiger partial charge on any atom is 0.252 e. The molecule has 2 aromatic heterocycles. The lowest BCUT2D eigenvalue weighted by Gasteiger charge is -2.11. The van der Waals surface area contributed by atoms with E-state index in [4.69, 9.17) is 5.11 Å². The molecule has 0 radical (unpaired) electrons. The van der Waals surface area contributed by atoms with Gasteiger partial charge in [0.15, 0.2) is 0 Å². The first-order valence-electron chi connectivity index (χ1n) is 10.1. The molecule has 1 aliphatic carbocycles. The minimum absolute atomic E-state index is 0.0120. The van der Waals surface area contributed by atoms with Gasteiger partial charge in [0.2, 0.25) is 5.95 Å². The molecule has 3 aromatic rings. The van der Waals surface area contributed by atoms with Gasteiger partial charge in [0.1, 0.15) is 6.04 Å². The van der Waals surface area contributed by atoms with Crippen LogP contribution >= 0.6 is 0 Å². The van der Waals surface area contributed by atoms with E-state index in [0.29, 0.717) is 18.1 Å². The number of hydrogen-bond donors (Lipinski definition) is 3. The summed E-state index contributed by atoms with van der Waals surface area (Å²) in [6.07, 6.45) is 7.12. The fourth-order valence-electron chi connectivity index (χ4n) is 3.27. The third-order valence-corrected chi connectivity index (χ3v) is 5.13. The van der Waals surface area contributed by atoms with Gasteiger partial charge in [0.05, 0.1) is 36.8 Å². The van der Waals surface area contributed by atoms with Crippen LogP contribution in [-0.2, 0) is 6.54 Å². The van der Waals surface area contributed by atoms with Crippen molar-refractivity contribution in [3.63, 3.8) is 0 Å². The summed E-state index contributed by atoms with van der Waals surface area (Å²) < 4.78 is 1.63. The predicted octanol–water partition coefficient (Wildman–Crippen LogP) is 2.42. The molecular formula is C22H23N7O2. The molecule has 4 rings (SSSR count). The zero-order chi connectivity index (χ0) is 21.8. The minimum atomic E-state index is -0.424. The van der Waals surface area contributed by atoms with Crippen LogP contribution in [0.2, 0.25) is 0 Å². The molecule has 0 spiro atoms. The summed E-state index contributed by atoms with van der Waals surface area (Å²) in [6, 6.07) is 8.89. The Morgan fingerprint density at radius 3 is 2.77 bits per heavy atom. The highest BCUT2D eigenvalue weighted by molar-refractivity contribution is 5.95. The Kier molecular flexibility index (Phi) is 5.91. The van der Waals surface area contributed by atoms with Crippen molar-refractivity contribution in [3.8, 4) is 17.3 Å². The van der Waals surface area contributed by atoms with Gasteiger partial charge in [-0.1, -0.05) is 12.1 Å². The second-order valence-electron chi connectivity index (χ2n) is 7.56. The van der Waals surface area contributed by atoms with Crippen molar-refractivity contribution in [1.82, 2.24) is 25.1 Å². The van der Waals surface area contributed by atoms with Gasteiger partial charge in [0.25, 0.3) is 5.91 Å². The summed E-state index contributed by atoms with van der Waals surface area (Å²) >= 11 is 0. The van der Waals surface area contributed by atoms with E-state index in [9.17, 15) is 10.1 Å². The zero-order valence-corrected chi connectivity index (χ0v) is 17.1. The molecule has 1 fully saturated rings. The lowest BCUT2D eigenvalue weighted by Crippen LogP contribution is -2.35. The first-order chi connectivity index (χ1) is 15.1. The molecule has 1 aliphatic rings. The van der Waals surface area contributed by atoms with Crippen molar-refractivity contribution < 1.29 is 9.90 Å². The quantitative estimate of drug-likeness (QED) is 0.513. The van der Waals surface area contributed by atoms with Crippen molar-refractivity contribution in [2.45, 2.75) is 32.4 Å². The number of carbonyl (C=O) groups excluding carboxylic acids is 1. The summed E-state index contributed by atoms with van der Waals surface area (Å²) in [5.74, 6) is 0.456. The Morgan fingerprint density at radius 1 is 1.32 bits per heavy atom. The third-order valence-electron chi connectivity index (χ3n) is 5.13. The van der Waals surface area contributed by atoms with Crippen LogP contribution in [0.25, 0.3) is 11.3 Å². The van der Waals surface area contributed by atoms with Crippen LogP contribution in [0.5, 0.6) is 0 Å². The fraction of sp³-hybridized carbons (Fsp3) is 0.318. The number of benzene rings is 1. The Hall–Kier alpha value is -3.77.